The van der Waals surface area contributed by atoms with Gasteiger partial charge in [-0.1, -0.05) is 13.8 Å². The van der Waals surface area contributed by atoms with Gasteiger partial charge in [-0.15, -0.1) is 0 Å². The van der Waals surface area contributed by atoms with Gasteiger partial charge in [0.1, 0.15) is 5.58 Å². The molecule has 134 valence electrons. The third-order valence-corrected chi connectivity index (χ3v) is 4.64. The van der Waals surface area contributed by atoms with E-state index in [0.717, 1.165) is 29.4 Å². The summed E-state index contributed by atoms with van der Waals surface area (Å²) >= 11 is 0. The highest BCUT2D eigenvalue weighted by molar-refractivity contribution is 5.82. The second-order valence-corrected chi connectivity index (χ2v) is 7.46. The number of amides is 1. The fraction of sp³-hybridized carbons (Fsp3) is 0.500. The van der Waals surface area contributed by atoms with Crippen LogP contribution in [0.15, 0.2) is 27.4 Å². The molecular weight excluding hydrogens is 316 g/mol. The number of carbonyl (C=O) groups excluding carboxylic acids is 1. The Morgan fingerprint density at radius 3 is 2.68 bits per heavy atom. The van der Waals surface area contributed by atoms with Gasteiger partial charge in [0, 0.05) is 24.0 Å². The Morgan fingerprint density at radius 1 is 1.32 bits per heavy atom. The molecular formula is C20H26N2O3. The molecule has 0 radical (unpaired) electrons. The molecule has 1 aliphatic carbocycles. The monoisotopic (exact) mass is 342 g/mol. The normalized spacial score (nSPS) is 14.5. The van der Waals surface area contributed by atoms with Crippen LogP contribution < -0.4 is 10.9 Å². The lowest BCUT2D eigenvalue weighted by molar-refractivity contribution is -0.122. The van der Waals surface area contributed by atoms with E-state index < -0.39 is 0 Å². The fourth-order valence-electron chi connectivity index (χ4n) is 3.24. The summed E-state index contributed by atoms with van der Waals surface area (Å²) in [4.78, 5) is 25.8. The average molecular weight is 342 g/mol. The van der Waals surface area contributed by atoms with Crippen molar-refractivity contribution in [2.75, 3.05) is 13.6 Å². The van der Waals surface area contributed by atoms with Crippen LogP contribution >= 0.6 is 0 Å². The number of likely N-dealkylation sites (N-methyl/N-ethyl adjacent to an activating group) is 1. The van der Waals surface area contributed by atoms with Crippen molar-refractivity contribution in [1.29, 1.82) is 0 Å². The Labute approximate surface area is 148 Å². The predicted octanol–water partition coefficient (Wildman–Crippen LogP) is 2.94. The van der Waals surface area contributed by atoms with E-state index in [2.05, 4.69) is 25.2 Å². The summed E-state index contributed by atoms with van der Waals surface area (Å²) in [5.41, 5.74) is 3.53. The van der Waals surface area contributed by atoms with Crippen molar-refractivity contribution in [3.05, 3.63) is 45.3 Å². The second-order valence-electron chi connectivity index (χ2n) is 7.46. The SMILES string of the molecule is Cc1cc2oc(=O)cc(CN(C)CC(=O)NC3CC3)c2cc1C(C)C. The van der Waals surface area contributed by atoms with Crippen molar-refractivity contribution in [3.63, 3.8) is 0 Å². The summed E-state index contributed by atoms with van der Waals surface area (Å²) in [5, 5.41) is 3.94. The zero-order valence-corrected chi connectivity index (χ0v) is 15.4. The second kappa shape index (κ2) is 7.00. The van der Waals surface area contributed by atoms with Crippen LogP contribution in [0.4, 0.5) is 0 Å². The van der Waals surface area contributed by atoms with E-state index >= 15 is 0 Å². The van der Waals surface area contributed by atoms with Crippen LogP contribution in [0.5, 0.6) is 0 Å². The minimum atomic E-state index is -0.352. The molecule has 0 aliphatic heterocycles. The Balaban J connectivity index is 1.87. The molecule has 25 heavy (non-hydrogen) atoms. The van der Waals surface area contributed by atoms with Crippen molar-refractivity contribution >= 4 is 16.9 Å². The molecule has 0 atom stereocenters. The van der Waals surface area contributed by atoms with Gasteiger partial charge in [0.2, 0.25) is 5.91 Å². The average Bonchev–Trinajstić information content (AvgIpc) is 3.29. The Morgan fingerprint density at radius 2 is 2.04 bits per heavy atom. The first-order valence-corrected chi connectivity index (χ1v) is 8.88. The zero-order valence-electron chi connectivity index (χ0n) is 15.4. The third-order valence-electron chi connectivity index (χ3n) is 4.64. The number of aryl methyl sites for hydroxylation is 1. The molecule has 1 N–H and O–H groups in total. The number of nitrogens with one attached hydrogen (secondary N) is 1. The van der Waals surface area contributed by atoms with Gasteiger partial charge in [0.15, 0.2) is 0 Å². The molecule has 1 aromatic carbocycles. The van der Waals surface area contributed by atoms with Gasteiger partial charge in [-0.3, -0.25) is 9.69 Å². The van der Waals surface area contributed by atoms with E-state index in [1.807, 2.05) is 24.9 Å². The lowest BCUT2D eigenvalue weighted by Crippen LogP contribution is -2.36. The molecule has 0 spiro atoms. The molecule has 5 nitrogen and oxygen atoms in total. The van der Waals surface area contributed by atoms with E-state index in [-0.39, 0.29) is 11.5 Å². The van der Waals surface area contributed by atoms with Crippen molar-refractivity contribution in [2.24, 2.45) is 0 Å². The largest absolute Gasteiger partial charge is 0.423 e. The van der Waals surface area contributed by atoms with Gasteiger partial charge < -0.3 is 9.73 Å². The molecule has 1 amide bonds. The Bertz CT molecular complexity index is 850. The maximum absolute atomic E-state index is 12.0. The Kier molecular flexibility index (Phi) is 4.95. The summed E-state index contributed by atoms with van der Waals surface area (Å²) in [5.74, 6) is 0.433. The van der Waals surface area contributed by atoms with E-state index in [1.54, 1.807) is 0 Å². The van der Waals surface area contributed by atoms with E-state index in [1.165, 1.54) is 11.6 Å². The maximum atomic E-state index is 12.0. The van der Waals surface area contributed by atoms with Gasteiger partial charge in [0.05, 0.1) is 6.54 Å². The molecule has 2 aromatic rings. The molecule has 0 unspecified atom stereocenters. The van der Waals surface area contributed by atoms with Gasteiger partial charge in [-0.25, -0.2) is 4.79 Å². The van der Waals surface area contributed by atoms with Crippen molar-refractivity contribution in [3.8, 4) is 0 Å². The number of fused-ring (bicyclic) bond motifs is 1. The van der Waals surface area contributed by atoms with E-state index in [9.17, 15) is 9.59 Å². The number of hydrogen-bond acceptors (Lipinski definition) is 4. The van der Waals surface area contributed by atoms with Crippen molar-refractivity contribution in [1.82, 2.24) is 10.2 Å². The van der Waals surface area contributed by atoms with Crippen LogP contribution in [0.2, 0.25) is 0 Å². The van der Waals surface area contributed by atoms with Gasteiger partial charge in [0.25, 0.3) is 0 Å². The number of hydrogen-bond donors (Lipinski definition) is 1. The Hall–Kier alpha value is -2.14. The molecule has 5 heteroatoms. The first-order valence-electron chi connectivity index (χ1n) is 8.88. The molecule has 1 aliphatic rings. The topological polar surface area (TPSA) is 62.6 Å². The quantitative estimate of drug-likeness (QED) is 0.820. The van der Waals surface area contributed by atoms with E-state index in [0.29, 0.717) is 30.6 Å². The molecule has 0 bridgehead atoms. The summed E-state index contributed by atoms with van der Waals surface area (Å²) in [6, 6.07) is 5.96. The minimum absolute atomic E-state index is 0.0379. The van der Waals surface area contributed by atoms with Crippen LogP contribution in [0.25, 0.3) is 11.0 Å². The first kappa shape index (κ1) is 17.7. The summed E-state index contributed by atoms with van der Waals surface area (Å²) in [6.07, 6.45) is 2.16. The number of benzene rings is 1. The van der Waals surface area contributed by atoms with E-state index in [4.69, 9.17) is 4.42 Å². The highest BCUT2D eigenvalue weighted by Crippen LogP contribution is 2.27. The van der Waals surface area contributed by atoms with Crippen LogP contribution in [-0.2, 0) is 11.3 Å². The molecule has 1 fully saturated rings. The number of rotatable bonds is 6. The molecule has 1 heterocycles. The highest BCUT2D eigenvalue weighted by atomic mass is 16.4. The fourth-order valence-corrected chi connectivity index (χ4v) is 3.24. The smallest absolute Gasteiger partial charge is 0.336 e. The van der Waals surface area contributed by atoms with Crippen LogP contribution in [0.1, 0.15) is 49.3 Å². The highest BCUT2D eigenvalue weighted by Gasteiger charge is 2.23. The van der Waals surface area contributed by atoms with Crippen LogP contribution in [-0.4, -0.2) is 30.4 Å². The van der Waals surface area contributed by atoms with Crippen LogP contribution in [0.3, 0.4) is 0 Å². The maximum Gasteiger partial charge on any atom is 0.336 e. The minimum Gasteiger partial charge on any atom is -0.423 e. The summed E-state index contributed by atoms with van der Waals surface area (Å²) < 4.78 is 5.39. The molecule has 1 aromatic heterocycles. The lowest BCUT2D eigenvalue weighted by atomic mass is 9.95. The summed E-state index contributed by atoms with van der Waals surface area (Å²) in [6.45, 7) is 7.19. The predicted molar refractivity (Wildman–Crippen MR) is 98.8 cm³/mol. The lowest BCUT2D eigenvalue weighted by Gasteiger charge is -2.18. The molecule has 1 saturated carbocycles. The van der Waals surface area contributed by atoms with Crippen LogP contribution in [0, 0.1) is 6.92 Å². The standard InChI is InChI=1S/C20H26N2O3/c1-12(2)16-9-17-14(8-20(24)25-18(17)7-13(16)3)10-22(4)11-19(23)21-15-5-6-15/h7-9,12,15H,5-6,10-11H2,1-4H3,(H,21,23). The van der Waals surface area contributed by atoms with Gasteiger partial charge in [-0.2, -0.15) is 0 Å². The zero-order chi connectivity index (χ0) is 18.1. The molecule has 0 saturated heterocycles. The van der Waals surface area contributed by atoms with Crippen molar-refractivity contribution in [2.45, 2.75) is 52.1 Å². The summed E-state index contributed by atoms with van der Waals surface area (Å²) in [7, 11) is 1.89. The van der Waals surface area contributed by atoms with Gasteiger partial charge >= 0.3 is 5.63 Å². The first-order chi connectivity index (χ1) is 11.8. The third kappa shape index (κ3) is 4.28. The number of nitrogens with zero attached hydrogens (tertiary/aromatic N) is 1. The molecule has 3 rings (SSSR count). The van der Waals surface area contributed by atoms with Gasteiger partial charge in [-0.05, 0) is 61.6 Å². The number of carbonyl (C=O) groups is 1. The van der Waals surface area contributed by atoms with Crippen molar-refractivity contribution < 1.29 is 9.21 Å².